The Kier molecular flexibility index (Phi) is 2.92. The first-order valence-corrected chi connectivity index (χ1v) is 6.83. The molecule has 3 unspecified atom stereocenters. The molecule has 0 aromatic carbocycles. The molecular formula is C13H22N4. The SMILES string of the molecule is CCn1cc(C(NN)C2C3CCCCC32)cn1. The van der Waals surface area contributed by atoms with Crippen LogP contribution in [0.25, 0.3) is 0 Å². The Morgan fingerprint density at radius 3 is 2.71 bits per heavy atom. The first kappa shape index (κ1) is 11.2. The van der Waals surface area contributed by atoms with Crippen LogP contribution in [0.5, 0.6) is 0 Å². The first-order valence-electron chi connectivity index (χ1n) is 6.83. The fourth-order valence-electron chi connectivity index (χ4n) is 3.68. The number of aryl methyl sites for hydroxylation is 1. The Labute approximate surface area is 103 Å². The minimum absolute atomic E-state index is 0.309. The van der Waals surface area contributed by atoms with Crippen LogP contribution >= 0.6 is 0 Å². The molecule has 0 saturated heterocycles. The zero-order chi connectivity index (χ0) is 11.8. The van der Waals surface area contributed by atoms with Crippen LogP contribution in [0.15, 0.2) is 12.4 Å². The van der Waals surface area contributed by atoms with E-state index in [1.807, 2.05) is 10.9 Å². The quantitative estimate of drug-likeness (QED) is 0.617. The average molecular weight is 234 g/mol. The molecule has 2 fully saturated rings. The molecule has 1 heterocycles. The summed E-state index contributed by atoms with van der Waals surface area (Å²) in [6, 6.07) is 0.309. The van der Waals surface area contributed by atoms with Crippen molar-refractivity contribution in [3.8, 4) is 0 Å². The summed E-state index contributed by atoms with van der Waals surface area (Å²) < 4.78 is 1.98. The maximum Gasteiger partial charge on any atom is 0.0538 e. The molecule has 0 bridgehead atoms. The van der Waals surface area contributed by atoms with Gasteiger partial charge in [0.1, 0.15) is 0 Å². The molecule has 4 heteroatoms. The molecule has 0 spiro atoms. The smallest absolute Gasteiger partial charge is 0.0538 e. The second-order valence-corrected chi connectivity index (χ2v) is 5.46. The molecule has 17 heavy (non-hydrogen) atoms. The number of hydrazine groups is 1. The molecule has 3 N–H and O–H groups in total. The van der Waals surface area contributed by atoms with Gasteiger partial charge < -0.3 is 0 Å². The van der Waals surface area contributed by atoms with Crippen LogP contribution in [0, 0.1) is 17.8 Å². The molecule has 0 radical (unpaired) electrons. The minimum atomic E-state index is 0.309. The minimum Gasteiger partial charge on any atom is -0.273 e. The highest BCUT2D eigenvalue weighted by Gasteiger charge is 2.54. The van der Waals surface area contributed by atoms with Crippen molar-refractivity contribution >= 4 is 0 Å². The number of aromatic nitrogens is 2. The zero-order valence-corrected chi connectivity index (χ0v) is 10.5. The fourth-order valence-corrected chi connectivity index (χ4v) is 3.68. The number of hydrogen-bond donors (Lipinski definition) is 2. The van der Waals surface area contributed by atoms with E-state index in [1.54, 1.807) is 0 Å². The van der Waals surface area contributed by atoms with Crippen molar-refractivity contribution in [1.82, 2.24) is 15.2 Å². The van der Waals surface area contributed by atoms with E-state index in [9.17, 15) is 0 Å². The first-order chi connectivity index (χ1) is 8.35. The van der Waals surface area contributed by atoms with E-state index in [0.717, 1.165) is 24.3 Å². The second kappa shape index (κ2) is 4.42. The third-order valence-electron chi connectivity index (χ3n) is 4.62. The van der Waals surface area contributed by atoms with Gasteiger partial charge in [0.05, 0.1) is 12.2 Å². The van der Waals surface area contributed by atoms with Gasteiger partial charge in [-0.1, -0.05) is 12.8 Å². The summed E-state index contributed by atoms with van der Waals surface area (Å²) in [7, 11) is 0. The lowest BCUT2D eigenvalue weighted by atomic mass is 10.0. The van der Waals surface area contributed by atoms with Crippen molar-refractivity contribution in [2.24, 2.45) is 23.6 Å². The normalized spacial score (nSPS) is 33.2. The van der Waals surface area contributed by atoms with Gasteiger partial charge in [-0.3, -0.25) is 16.0 Å². The van der Waals surface area contributed by atoms with Gasteiger partial charge in [0.2, 0.25) is 0 Å². The van der Waals surface area contributed by atoms with Crippen molar-refractivity contribution in [2.45, 2.75) is 45.2 Å². The van der Waals surface area contributed by atoms with Crippen LogP contribution in [-0.4, -0.2) is 9.78 Å². The monoisotopic (exact) mass is 234 g/mol. The van der Waals surface area contributed by atoms with Gasteiger partial charge in [0, 0.05) is 18.3 Å². The van der Waals surface area contributed by atoms with E-state index >= 15 is 0 Å². The summed E-state index contributed by atoms with van der Waals surface area (Å²) in [6.45, 7) is 3.04. The largest absolute Gasteiger partial charge is 0.273 e. The van der Waals surface area contributed by atoms with Crippen molar-refractivity contribution in [3.05, 3.63) is 18.0 Å². The lowest BCUT2D eigenvalue weighted by Crippen LogP contribution is -2.30. The summed E-state index contributed by atoms with van der Waals surface area (Å²) in [4.78, 5) is 0. The van der Waals surface area contributed by atoms with E-state index in [1.165, 1.54) is 31.2 Å². The van der Waals surface area contributed by atoms with Crippen molar-refractivity contribution in [2.75, 3.05) is 0 Å². The number of nitrogens with two attached hydrogens (primary N) is 1. The molecule has 0 aliphatic heterocycles. The number of hydrogen-bond acceptors (Lipinski definition) is 3. The molecule has 1 aromatic rings. The van der Waals surface area contributed by atoms with E-state index in [-0.39, 0.29) is 0 Å². The number of fused-ring (bicyclic) bond motifs is 1. The summed E-state index contributed by atoms with van der Waals surface area (Å²) in [5.41, 5.74) is 4.28. The fraction of sp³-hybridized carbons (Fsp3) is 0.769. The van der Waals surface area contributed by atoms with Gasteiger partial charge in [0.15, 0.2) is 0 Å². The lowest BCUT2D eigenvalue weighted by Gasteiger charge is -2.14. The Bertz CT molecular complexity index is 375. The molecule has 0 amide bonds. The summed E-state index contributed by atoms with van der Waals surface area (Å²) in [5, 5.41) is 4.35. The molecule has 2 aliphatic rings. The summed E-state index contributed by atoms with van der Waals surface area (Å²) in [5.74, 6) is 8.33. The van der Waals surface area contributed by atoms with Gasteiger partial charge in [-0.15, -0.1) is 0 Å². The van der Waals surface area contributed by atoms with Crippen molar-refractivity contribution in [1.29, 1.82) is 0 Å². The lowest BCUT2D eigenvalue weighted by molar-refractivity contribution is 0.456. The topological polar surface area (TPSA) is 55.9 Å². The predicted octanol–water partition coefficient (Wildman–Crippen LogP) is 1.84. The number of nitrogens with one attached hydrogen (secondary N) is 1. The molecular weight excluding hydrogens is 212 g/mol. The molecule has 4 nitrogen and oxygen atoms in total. The van der Waals surface area contributed by atoms with E-state index < -0.39 is 0 Å². The van der Waals surface area contributed by atoms with Gasteiger partial charge in [-0.2, -0.15) is 5.10 Å². The highest BCUT2D eigenvalue weighted by Crippen LogP contribution is 2.60. The average Bonchev–Trinajstić information content (AvgIpc) is 2.88. The highest BCUT2D eigenvalue weighted by atomic mass is 15.3. The van der Waals surface area contributed by atoms with Crippen molar-refractivity contribution < 1.29 is 0 Å². The molecule has 3 atom stereocenters. The van der Waals surface area contributed by atoms with Gasteiger partial charge >= 0.3 is 0 Å². The van der Waals surface area contributed by atoms with Crippen LogP contribution in [0.1, 0.15) is 44.2 Å². The maximum atomic E-state index is 5.76. The Morgan fingerprint density at radius 2 is 2.18 bits per heavy atom. The van der Waals surface area contributed by atoms with Crippen LogP contribution in [0.2, 0.25) is 0 Å². The van der Waals surface area contributed by atoms with Crippen LogP contribution in [0.4, 0.5) is 0 Å². The third kappa shape index (κ3) is 1.89. The zero-order valence-electron chi connectivity index (χ0n) is 10.5. The number of nitrogens with zero attached hydrogens (tertiary/aromatic N) is 2. The Balaban J connectivity index is 1.75. The Morgan fingerprint density at radius 1 is 1.47 bits per heavy atom. The predicted molar refractivity (Wildman–Crippen MR) is 66.9 cm³/mol. The maximum absolute atomic E-state index is 5.76. The van der Waals surface area contributed by atoms with Crippen LogP contribution in [-0.2, 0) is 6.54 Å². The van der Waals surface area contributed by atoms with Gasteiger partial charge in [0.25, 0.3) is 0 Å². The Hall–Kier alpha value is -0.870. The van der Waals surface area contributed by atoms with E-state index in [2.05, 4.69) is 23.6 Å². The van der Waals surface area contributed by atoms with Crippen LogP contribution < -0.4 is 11.3 Å². The standard InChI is InChI=1S/C13H22N4/c1-2-17-8-9(7-15-17)13(16-14)12-10-5-3-4-6-11(10)12/h7-8,10-13,16H,2-6,14H2,1H3. The molecule has 94 valence electrons. The molecule has 1 aromatic heterocycles. The summed E-state index contributed by atoms with van der Waals surface area (Å²) in [6.07, 6.45) is 9.71. The highest BCUT2D eigenvalue weighted by molar-refractivity contribution is 5.18. The molecule has 2 saturated carbocycles. The second-order valence-electron chi connectivity index (χ2n) is 5.46. The molecule has 2 aliphatic carbocycles. The van der Waals surface area contributed by atoms with E-state index in [4.69, 9.17) is 5.84 Å². The summed E-state index contributed by atoms with van der Waals surface area (Å²) >= 11 is 0. The van der Waals surface area contributed by atoms with Gasteiger partial charge in [-0.25, -0.2) is 0 Å². The number of rotatable bonds is 4. The molecule has 3 rings (SSSR count). The van der Waals surface area contributed by atoms with Crippen LogP contribution in [0.3, 0.4) is 0 Å². The third-order valence-corrected chi connectivity index (χ3v) is 4.62. The van der Waals surface area contributed by atoms with E-state index in [0.29, 0.717) is 6.04 Å². The van der Waals surface area contributed by atoms with Crippen molar-refractivity contribution in [3.63, 3.8) is 0 Å². The van der Waals surface area contributed by atoms with Gasteiger partial charge in [-0.05, 0) is 37.5 Å².